The van der Waals surface area contributed by atoms with E-state index in [2.05, 4.69) is 15.2 Å². The molecular weight excluding hydrogens is 563 g/mol. The van der Waals surface area contributed by atoms with Gasteiger partial charge in [-0.15, -0.1) is 10.2 Å². The maximum Gasteiger partial charge on any atom is 0.314 e. The monoisotopic (exact) mass is 585 g/mol. The van der Waals surface area contributed by atoms with E-state index in [1.54, 1.807) is 22.9 Å². The number of imidazole rings is 1. The van der Waals surface area contributed by atoms with Gasteiger partial charge in [-0.25, -0.2) is 17.8 Å². The number of rotatable bonds is 8. The lowest BCUT2D eigenvalue weighted by Gasteiger charge is -2.36. The van der Waals surface area contributed by atoms with Crippen molar-refractivity contribution in [2.45, 2.75) is 13.0 Å². The highest BCUT2D eigenvalue weighted by atomic mass is 32.2. The zero-order chi connectivity index (χ0) is 27.9. The summed E-state index contributed by atoms with van der Waals surface area (Å²) in [4.78, 5) is 4.45. The molecule has 0 amide bonds. The fraction of sp³-hybridized carbons (Fsp3) is 0.318. The summed E-state index contributed by atoms with van der Waals surface area (Å²) < 4.78 is 101. The zero-order valence-corrected chi connectivity index (χ0v) is 22.0. The fourth-order valence-corrected chi connectivity index (χ4v) is 6.54. The van der Waals surface area contributed by atoms with Crippen LogP contribution < -0.4 is 4.31 Å². The maximum atomic E-state index is 14.1. The lowest BCUT2D eigenvalue weighted by atomic mass is 10.2. The van der Waals surface area contributed by atoms with Gasteiger partial charge >= 0.3 is 16.6 Å². The van der Waals surface area contributed by atoms with Crippen molar-refractivity contribution >= 4 is 31.6 Å². The van der Waals surface area contributed by atoms with E-state index in [0.29, 0.717) is 16.9 Å². The molecule has 0 saturated carbocycles. The van der Waals surface area contributed by atoms with Crippen LogP contribution in [0, 0.1) is 5.82 Å². The van der Waals surface area contributed by atoms with E-state index in [0.717, 1.165) is 20.9 Å². The second-order valence-electron chi connectivity index (χ2n) is 8.71. The van der Waals surface area contributed by atoms with Gasteiger partial charge in [0.05, 0.1) is 24.2 Å². The minimum Gasteiger partial charge on any atom is -0.415 e. The summed E-state index contributed by atoms with van der Waals surface area (Å²) >= 11 is 0. The molecule has 1 aliphatic rings. The van der Waals surface area contributed by atoms with Crippen LogP contribution in [0.3, 0.4) is 0 Å². The molecule has 1 aliphatic heterocycles. The number of piperazine rings is 1. The average molecular weight is 586 g/mol. The van der Waals surface area contributed by atoms with Gasteiger partial charge in [0, 0.05) is 44.1 Å². The van der Waals surface area contributed by atoms with Gasteiger partial charge in [0.2, 0.25) is 15.9 Å². The van der Waals surface area contributed by atoms with Gasteiger partial charge in [-0.2, -0.15) is 25.8 Å². The summed E-state index contributed by atoms with van der Waals surface area (Å²) in [6, 6.07) is 8.14. The van der Waals surface area contributed by atoms with Crippen LogP contribution in [0.2, 0.25) is 0 Å². The van der Waals surface area contributed by atoms with E-state index in [1.165, 1.54) is 28.6 Å². The van der Waals surface area contributed by atoms with Gasteiger partial charge < -0.3 is 8.82 Å². The van der Waals surface area contributed by atoms with Crippen LogP contribution in [0.1, 0.15) is 18.0 Å². The summed E-state index contributed by atoms with van der Waals surface area (Å²) in [5, 5.41) is 6.93. The highest BCUT2D eigenvalue weighted by Gasteiger charge is 2.35. The first-order chi connectivity index (χ1) is 18.4. The third kappa shape index (κ3) is 5.61. The first-order valence-corrected chi connectivity index (χ1v) is 14.7. The van der Waals surface area contributed by atoms with Crippen molar-refractivity contribution in [1.29, 1.82) is 0 Å². The van der Waals surface area contributed by atoms with Crippen LogP contribution in [0.4, 0.5) is 18.9 Å². The van der Waals surface area contributed by atoms with Crippen molar-refractivity contribution in [3.8, 4) is 11.5 Å². The summed E-state index contributed by atoms with van der Waals surface area (Å²) in [6.07, 6.45) is 1.28. The second-order valence-corrected chi connectivity index (χ2v) is 12.5. The molecule has 1 fully saturated rings. The van der Waals surface area contributed by atoms with Gasteiger partial charge in [0.1, 0.15) is 11.5 Å². The smallest absolute Gasteiger partial charge is 0.314 e. The molecule has 0 aliphatic carbocycles. The summed E-state index contributed by atoms with van der Waals surface area (Å²) in [7, 11) is -7.71. The van der Waals surface area contributed by atoms with Gasteiger partial charge in [-0.05, 0) is 30.3 Å². The molecule has 0 spiro atoms. The lowest BCUT2D eigenvalue weighted by molar-refractivity contribution is 0.116. The van der Waals surface area contributed by atoms with Crippen molar-refractivity contribution < 1.29 is 34.4 Å². The third-order valence-corrected chi connectivity index (χ3v) is 9.28. The minimum atomic E-state index is -4.23. The Balaban J connectivity index is 1.45. The number of aromatic nitrogens is 4. The largest absolute Gasteiger partial charge is 0.415 e. The van der Waals surface area contributed by atoms with Crippen molar-refractivity contribution in [1.82, 2.24) is 28.2 Å². The molecule has 0 N–H and O–H groups in total. The van der Waals surface area contributed by atoms with Crippen molar-refractivity contribution in [3.05, 3.63) is 66.2 Å². The highest BCUT2D eigenvalue weighted by Crippen LogP contribution is 2.27. The Morgan fingerprint density at radius 1 is 1.03 bits per heavy atom. The predicted octanol–water partition coefficient (Wildman–Crippen LogP) is 2.29. The van der Waals surface area contributed by atoms with Gasteiger partial charge in [-0.1, -0.05) is 6.07 Å². The number of benzene rings is 1. The van der Waals surface area contributed by atoms with Crippen LogP contribution in [-0.2, 0) is 26.8 Å². The van der Waals surface area contributed by atoms with Crippen LogP contribution in [0.5, 0.6) is 0 Å². The van der Waals surface area contributed by atoms with Crippen molar-refractivity contribution in [2.24, 2.45) is 0 Å². The molecule has 0 bridgehead atoms. The molecule has 0 atom stereocenters. The number of fused-ring (bicyclic) bond motifs is 1. The Labute approximate surface area is 221 Å². The van der Waals surface area contributed by atoms with E-state index < -0.39 is 38.4 Å². The maximum absolute atomic E-state index is 14.1. The minimum absolute atomic E-state index is 0.0187. The first kappa shape index (κ1) is 27.0. The second kappa shape index (κ2) is 10.2. The summed E-state index contributed by atoms with van der Waals surface area (Å²) in [5.74, 6) is -1.59. The number of pyridine rings is 1. The summed E-state index contributed by atoms with van der Waals surface area (Å²) in [6.45, 7) is -0.476. The van der Waals surface area contributed by atoms with E-state index in [4.69, 9.17) is 4.42 Å². The standard InChI is InChI=1S/C22H22F3N7O5S2/c1-38(33,34)30-7-9-31(10-8-30)39(35,36)32(18-4-2-3-16(23)12-18)14-17-13-29-6-5-15(11-19(29)26-17)21-27-28-22(37-21)20(24)25/h2-6,11-13,20H,7-10,14H2,1H3. The van der Waals surface area contributed by atoms with E-state index in [1.807, 2.05) is 0 Å². The number of halogens is 3. The van der Waals surface area contributed by atoms with Crippen molar-refractivity contribution in [3.63, 3.8) is 0 Å². The fourth-order valence-electron chi connectivity index (χ4n) is 4.14. The number of hydrogen-bond donors (Lipinski definition) is 0. The molecule has 3 aromatic heterocycles. The number of hydrogen-bond acceptors (Lipinski definition) is 8. The molecule has 0 unspecified atom stereocenters. The van der Waals surface area contributed by atoms with Gasteiger partial charge in [-0.3, -0.25) is 4.31 Å². The predicted molar refractivity (Wildman–Crippen MR) is 133 cm³/mol. The Bertz CT molecular complexity index is 1720. The SMILES string of the molecule is CS(=O)(=O)N1CCN(S(=O)(=O)N(Cc2cn3ccc(-c4nnc(C(F)F)o4)cc3n2)c2cccc(F)c2)CC1. The normalized spacial score (nSPS) is 15.8. The Morgan fingerprint density at radius 3 is 2.38 bits per heavy atom. The highest BCUT2D eigenvalue weighted by molar-refractivity contribution is 7.90. The first-order valence-electron chi connectivity index (χ1n) is 11.5. The molecular formula is C22H22F3N7O5S2. The third-order valence-electron chi connectivity index (χ3n) is 6.06. The molecule has 39 heavy (non-hydrogen) atoms. The van der Waals surface area contributed by atoms with Crippen LogP contribution in [0.15, 0.2) is 53.2 Å². The molecule has 1 saturated heterocycles. The van der Waals surface area contributed by atoms with E-state index in [-0.39, 0.29) is 44.3 Å². The van der Waals surface area contributed by atoms with Crippen LogP contribution in [-0.4, -0.2) is 77.5 Å². The quantitative estimate of drug-likeness (QED) is 0.308. The van der Waals surface area contributed by atoms with Crippen LogP contribution >= 0.6 is 0 Å². The Hall–Kier alpha value is -3.54. The number of alkyl halides is 2. The van der Waals surface area contributed by atoms with Gasteiger partial charge in [0.25, 0.3) is 5.89 Å². The van der Waals surface area contributed by atoms with Crippen molar-refractivity contribution in [2.75, 3.05) is 36.7 Å². The lowest BCUT2D eigenvalue weighted by Crippen LogP contribution is -2.54. The molecule has 208 valence electrons. The van der Waals surface area contributed by atoms with E-state index >= 15 is 0 Å². The molecule has 1 aromatic carbocycles. The Morgan fingerprint density at radius 2 is 1.74 bits per heavy atom. The number of anilines is 1. The molecule has 0 radical (unpaired) electrons. The topological polar surface area (TPSA) is 134 Å². The summed E-state index contributed by atoms with van der Waals surface area (Å²) in [5.41, 5.74) is 1.03. The molecule has 4 aromatic rings. The number of sulfonamides is 1. The Kier molecular flexibility index (Phi) is 7.08. The molecule has 4 heterocycles. The molecule has 17 heteroatoms. The average Bonchev–Trinajstić information content (AvgIpc) is 3.53. The molecule has 5 rings (SSSR count). The van der Waals surface area contributed by atoms with Crippen LogP contribution in [0.25, 0.3) is 17.1 Å². The van der Waals surface area contributed by atoms with E-state index in [9.17, 15) is 30.0 Å². The van der Waals surface area contributed by atoms with Gasteiger partial charge in [0.15, 0.2) is 0 Å². The molecule has 12 nitrogen and oxygen atoms in total. The zero-order valence-electron chi connectivity index (χ0n) is 20.4. The number of nitrogens with zero attached hydrogens (tertiary/aromatic N) is 7.